The van der Waals surface area contributed by atoms with Gasteiger partial charge in [0.25, 0.3) is 12.3 Å². The number of halogens is 6. The fraction of sp³-hybridized carbons (Fsp3) is 0.375. The molecular weight excluding hydrogens is 256 g/mol. The highest BCUT2D eigenvalue weighted by atomic mass is 19.4. The van der Waals surface area contributed by atoms with Crippen LogP contribution in [0.4, 0.5) is 26.3 Å². The van der Waals surface area contributed by atoms with Gasteiger partial charge in [0.2, 0.25) is 5.75 Å². The van der Waals surface area contributed by atoms with Gasteiger partial charge < -0.3 is 9.47 Å². The quantitative estimate of drug-likeness (QED) is 0.783. The molecule has 1 rings (SSSR count). The fourth-order valence-corrected chi connectivity index (χ4v) is 1.03. The van der Waals surface area contributed by atoms with Crippen molar-refractivity contribution in [3.63, 3.8) is 0 Å². The molecule has 0 aromatic carbocycles. The van der Waals surface area contributed by atoms with Gasteiger partial charge in [-0.2, -0.15) is 0 Å². The zero-order valence-electron chi connectivity index (χ0n) is 8.19. The van der Waals surface area contributed by atoms with Crippen LogP contribution >= 0.6 is 0 Å². The molecule has 17 heavy (non-hydrogen) atoms. The maximum atomic E-state index is 12.9. The topological polar surface area (TPSA) is 31.4 Å². The van der Waals surface area contributed by atoms with Gasteiger partial charge in [0.1, 0.15) is 5.56 Å². The van der Waals surface area contributed by atoms with Gasteiger partial charge in [-0.3, -0.25) is 0 Å². The second-order valence-corrected chi connectivity index (χ2v) is 2.71. The van der Waals surface area contributed by atoms with Crippen molar-refractivity contribution in [3.8, 4) is 11.6 Å². The van der Waals surface area contributed by atoms with Crippen LogP contribution in [-0.2, 0) is 0 Å². The van der Waals surface area contributed by atoms with Crippen molar-refractivity contribution in [3.05, 3.63) is 17.6 Å². The maximum absolute atomic E-state index is 12.9. The molecule has 0 N–H and O–H groups in total. The monoisotopic (exact) mass is 261 g/mol. The molecule has 96 valence electrons. The van der Waals surface area contributed by atoms with E-state index in [1.54, 1.807) is 0 Å². The first-order valence-corrected chi connectivity index (χ1v) is 4.02. The highest BCUT2D eigenvalue weighted by Crippen LogP contribution is 2.39. The number of pyridine rings is 1. The Bertz CT molecular complexity index is 406. The van der Waals surface area contributed by atoms with Gasteiger partial charge in [-0.05, 0) is 0 Å². The lowest BCUT2D eigenvalue weighted by Crippen LogP contribution is -2.19. The van der Waals surface area contributed by atoms with Gasteiger partial charge in [-0.25, -0.2) is 18.2 Å². The lowest BCUT2D eigenvalue weighted by atomic mass is 10.2. The Hall–Kier alpha value is -1.67. The summed E-state index contributed by atoms with van der Waals surface area (Å²) in [5.74, 6) is -3.96. The Kier molecular flexibility index (Phi) is 3.69. The Balaban J connectivity index is 3.35. The molecule has 0 atom stereocenters. The van der Waals surface area contributed by atoms with Gasteiger partial charge in [-0.15, -0.1) is 13.2 Å². The van der Waals surface area contributed by atoms with Gasteiger partial charge in [0.05, 0.1) is 13.3 Å². The van der Waals surface area contributed by atoms with Crippen molar-refractivity contribution in [1.29, 1.82) is 0 Å². The minimum atomic E-state index is -5.26. The number of aromatic nitrogens is 1. The average molecular weight is 261 g/mol. The molecule has 1 aromatic rings. The number of hydrogen-bond acceptors (Lipinski definition) is 3. The van der Waals surface area contributed by atoms with Crippen LogP contribution in [0.5, 0.6) is 11.6 Å². The van der Waals surface area contributed by atoms with Gasteiger partial charge >= 0.3 is 6.36 Å². The normalized spacial score (nSPS) is 11.8. The Morgan fingerprint density at radius 3 is 2.29 bits per heavy atom. The number of hydrogen-bond donors (Lipinski definition) is 0. The van der Waals surface area contributed by atoms with Crippen LogP contribution in [0.25, 0.3) is 0 Å². The minimum absolute atomic E-state index is 0.323. The SMILES string of the molecule is COc1ncc(F)c(C(F)F)c1OC(F)(F)F. The molecule has 0 spiro atoms. The predicted molar refractivity (Wildman–Crippen MR) is 42.4 cm³/mol. The number of rotatable bonds is 3. The third-order valence-corrected chi connectivity index (χ3v) is 1.62. The molecule has 0 fully saturated rings. The summed E-state index contributed by atoms with van der Waals surface area (Å²) in [6.45, 7) is 0. The number of methoxy groups -OCH3 is 1. The van der Waals surface area contributed by atoms with Crippen LogP contribution in [-0.4, -0.2) is 18.5 Å². The van der Waals surface area contributed by atoms with Gasteiger partial charge in [0, 0.05) is 0 Å². The molecule has 3 nitrogen and oxygen atoms in total. The summed E-state index contributed by atoms with van der Waals surface area (Å²) in [7, 11) is 0.888. The average Bonchev–Trinajstić information content (AvgIpc) is 2.15. The zero-order chi connectivity index (χ0) is 13.2. The molecule has 0 unspecified atom stereocenters. The summed E-state index contributed by atoms with van der Waals surface area (Å²) in [6.07, 6.45) is -8.43. The molecule has 0 aliphatic rings. The van der Waals surface area contributed by atoms with Crippen molar-refractivity contribution in [2.24, 2.45) is 0 Å². The minimum Gasteiger partial charge on any atom is -0.478 e. The van der Waals surface area contributed by atoms with Crippen LogP contribution < -0.4 is 9.47 Å². The molecule has 0 bridgehead atoms. The van der Waals surface area contributed by atoms with Crippen molar-refractivity contribution in [2.75, 3.05) is 7.11 Å². The van der Waals surface area contributed by atoms with E-state index < -0.39 is 35.8 Å². The Morgan fingerprint density at radius 2 is 1.88 bits per heavy atom. The fourth-order valence-electron chi connectivity index (χ4n) is 1.03. The molecule has 0 radical (unpaired) electrons. The molecule has 0 saturated carbocycles. The molecular formula is C8H5F6NO2. The summed E-state index contributed by atoms with van der Waals surface area (Å²) in [5.41, 5.74) is -1.55. The number of ether oxygens (including phenoxy) is 2. The van der Waals surface area contributed by atoms with E-state index in [1.165, 1.54) is 0 Å². The van der Waals surface area contributed by atoms with Crippen LogP contribution in [0.2, 0.25) is 0 Å². The summed E-state index contributed by atoms with van der Waals surface area (Å²) in [6, 6.07) is 0. The number of alkyl halides is 5. The highest BCUT2D eigenvalue weighted by Gasteiger charge is 2.37. The molecule has 0 aliphatic heterocycles. The molecule has 9 heteroatoms. The summed E-state index contributed by atoms with van der Waals surface area (Å²) < 4.78 is 81.2. The van der Waals surface area contributed by atoms with E-state index >= 15 is 0 Å². The van der Waals surface area contributed by atoms with Gasteiger partial charge in [0.15, 0.2) is 5.82 Å². The number of nitrogens with zero attached hydrogens (tertiary/aromatic N) is 1. The standard InChI is InChI=1S/C8H5F6NO2/c1-16-7-5(17-8(12,13)14)4(6(10)11)3(9)2-15-7/h2,6H,1H3. The van der Waals surface area contributed by atoms with E-state index in [0.717, 1.165) is 7.11 Å². The van der Waals surface area contributed by atoms with E-state index in [0.29, 0.717) is 6.20 Å². The van der Waals surface area contributed by atoms with Crippen LogP contribution in [0.1, 0.15) is 12.0 Å². The third-order valence-electron chi connectivity index (χ3n) is 1.62. The summed E-state index contributed by atoms with van der Waals surface area (Å²) >= 11 is 0. The summed E-state index contributed by atoms with van der Waals surface area (Å²) in [5, 5.41) is 0. The lowest BCUT2D eigenvalue weighted by Gasteiger charge is -2.15. The van der Waals surface area contributed by atoms with Crippen LogP contribution in [0.3, 0.4) is 0 Å². The maximum Gasteiger partial charge on any atom is 0.573 e. The smallest absolute Gasteiger partial charge is 0.478 e. The lowest BCUT2D eigenvalue weighted by molar-refractivity contribution is -0.275. The summed E-state index contributed by atoms with van der Waals surface area (Å²) in [4.78, 5) is 3.07. The molecule has 1 heterocycles. The predicted octanol–water partition coefficient (Wildman–Crippen LogP) is 3.07. The van der Waals surface area contributed by atoms with E-state index in [2.05, 4.69) is 14.5 Å². The zero-order valence-corrected chi connectivity index (χ0v) is 8.19. The molecule has 0 amide bonds. The van der Waals surface area contributed by atoms with Crippen LogP contribution in [0, 0.1) is 5.82 Å². The first-order chi connectivity index (χ1) is 7.76. The molecule has 0 aliphatic carbocycles. The highest BCUT2D eigenvalue weighted by molar-refractivity contribution is 5.43. The largest absolute Gasteiger partial charge is 0.573 e. The first-order valence-electron chi connectivity index (χ1n) is 4.02. The Morgan fingerprint density at radius 1 is 1.29 bits per heavy atom. The van der Waals surface area contributed by atoms with Gasteiger partial charge in [-0.1, -0.05) is 0 Å². The van der Waals surface area contributed by atoms with E-state index in [-0.39, 0.29) is 0 Å². The second kappa shape index (κ2) is 4.68. The van der Waals surface area contributed by atoms with E-state index in [4.69, 9.17) is 0 Å². The van der Waals surface area contributed by atoms with Crippen molar-refractivity contribution in [1.82, 2.24) is 4.98 Å². The van der Waals surface area contributed by atoms with E-state index in [1.807, 2.05) is 0 Å². The third kappa shape index (κ3) is 3.14. The second-order valence-electron chi connectivity index (χ2n) is 2.71. The van der Waals surface area contributed by atoms with Crippen molar-refractivity contribution in [2.45, 2.75) is 12.8 Å². The van der Waals surface area contributed by atoms with Crippen molar-refractivity contribution >= 4 is 0 Å². The van der Waals surface area contributed by atoms with E-state index in [9.17, 15) is 26.3 Å². The molecule has 1 aromatic heterocycles. The first kappa shape index (κ1) is 13.4. The van der Waals surface area contributed by atoms with Crippen LogP contribution in [0.15, 0.2) is 6.20 Å². The Labute approximate surface area is 91.0 Å². The van der Waals surface area contributed by atoms with Crippen molar-refractivity contribution < 1.29 is 35.8 Å². The molecule has 0 saturated heterocycles.